The molecule has 1 saturated heterocycles. The average molecular weight is 222 g/mol. The maximum atomic E-state index is 11.2. The van der Waals surface area contributed by atoms with Crippen LogP contribution in [0.4, 0.5) is 0 Å². The SMILES string of the molecule is Cl.NCCC(=O)NN1CCCCC1=O. The van der Waals surface area contributed by atoms with E-state index in [2.05, 4.69) is 5.43 Å². The van der Waals surface area contributed by atoms with E-state index in [-0.39, 0.29) is 30.6 Å². The van der Waals surface area contributed by atoms with Crippen molar-refractivity contribution < 1.29 is 9.59 Å². The summed E-state index contributed by atoms with van der Waals surface area (Å²) in [6.07, 6.45) is 2.67. The van der Waals surface area contributed by atoms with E-state index >= 15 is 0 Å². The summed E-state index contributed by atoms with van der Waals surface area (Å²) < 4.78 is 0. The molecule has 1 aliphatic rings. The normalized spacial score (nSPS) is 16.1. The molecule has 5 nitrogen and oxygen atoms in total. The zero-order valence-corrected chi connectivity index (χ0v) is 8.81. The number of hydrogen-bond acceptors (Lipinski definition) is 3. The second-order valence-electron chi connectivity index (χ2n) is 3.08. The lowest BCUT2D eigenvalue weighted by atomic mass is 10.1. The highest BCUT2D eigenvalue weighted by atomic mass is 35.5. The third-order valence-electron chi connectivity index (χ3n) is 1.95. The molecule has 2 amide bonds. The predicted molar refractivity (Wildman–Crippen MR) is 54.6 cm³/mol. The highest BCUT2D eigenvalue weighted by Gasteiger charge is 2.19. The number of hydrogen-bond donors (Lipinski definition) is 2. The third-order valence-corrected chi connectivity index (χ3v) is 1.95. The van der Waals surface area contributed by atoms with Crippen LogP contribution in [0.3, 0.4) is 0 Å². The molecule has 0 bridgehead atoms. The van der Waals surface area contributed by atoms with Gasteiger partial charge in [-0.3, -0.25) is 20.0 Å². The van der Waals surface area contributed by atoms with Crippen LogP contribution in [-0.2, 0) is 9.59 Å². The minimum atomic E-state index is -0.183. The summed E-state index contributed by atoms with van der Waals surface area (Å²) in [4.78, 5) is 22.3. The van der Waals surface area contributed by atoms with Gasteiger partial charge in [-0.25, -0.2) is 0 Å². The van der Waals surface area contributed by atoms with Crippen LogP contribution in [0.1, 0.15) is 25.7 Å². The molecule has 0 spiro atoms. The van der Waals surface area contributed by atoms with Gasteiger partial charge in [-0.05, 0) is 12.8 Å². The number of halogens is 1. The molecular formula is C8H16ClN3O2. The summed E-state index contributed by atoms with van der Waals surface area (Å²) >= 11 is 0. The Morgan fingerprint density at radius 2 is 2.21 bits per heavy atom. The van der Waals surface area contributed by atoms with Crippen molar-refractivity contribution >= 4 is 24.2 Å². The molecule has 1 fully saturated rings. The first-order chi connectivity index (χ1) is 6.24. The van der Waals surface area contributed by atoms with E-state index in [1.165, 1.54) is 5.01 Å². The predicted octanol–water partition coefficient (Wildman–Crippen LogP) is -0.199. The second kappa shape index (κ2) is 6.62. The first-order valence-electron chi connectivity index (χ1n) is 4.54. The maximum absolute atomic E-state index is 11.2. The van der Waals surface area contributed by atoms with Crippen molar-refractivity contribution in [1.82, 2.24) is 10.4 Å². The number of nitrogens with two attached hydrogens (primary N) is 1. The molecular weight excluding hydrogens is 206 g/mol. The van der Waals surface area contributed by atoms with Crippen molar-refractivity contribution in [1.29, 1.82) is 0 Å². The highest BCUT2D eigenvalue weighted by Crippen LogP contribution is 2.07. The molecule has 14 heavy (non-hydrogen) atoms. The van der Waals surface area contributed by atoms with Crippen LogP contribution in [-0.4, -0.2) is 29.9 Å². The number of rotatable bonds is 3. The van der Waals surface area contributed by atoms with Gasteiger partial charge in [0.05, 0.1) is 0 Å². The summed E-state index contributed by atoms with van der Waals surface area (Å²) in [6.45, 7) is 0.934. The molecule has 0 saturated carbocycles. The van der Waals surface area contributed by atoms with Crippen molar-refractivity contribution in [3.05, 3.63) is 0 Å². The molecule has 3 N–H and O–H groups in total. The third kappa shape index (κ3) is 3.93. The lowest BCUT2D eigenvalue weighted by molar-refractivity contribution is -0.143. The highest BCUT2D eigenvalue weighted by molar-refractivity contribution is 5.85. The molecule has 0 aliphatic carbocycles. The van der Waals surface area contributed by atoms with Crippen molar-refractivity contribution in [2.45, 2.75) is 25.7 Å². The van der Waals surface area contributed by atoms with Gasteiger partial charge in [0.15, 0.2) is 0 Å². The summed E-state index contributed by atoms with van der Waals surface area (Å²) in [5, 5.41) is 1.39. The Morgan fingerprint density at radius 3 is 2.79 bits per heavy atom. The zero-order chi connectivity index (χ0) is 9.68. The summed E-state index contributed by atoms with van der Waals surface area (Å²) in [5.74, 6) is -0.186. The number of carbonyl (C=O) groups is 2. The van der Waals surface area contributed by atoms with Gasteiger partial charge in [-0.1, -0.05) is 0 Å². The Morgan fingerprint density at radius 1 is 1.50 bits per heavy atom. The van der Waals surface area contributed by atoms with Crippen LogP contribution in [0, 0.1) is 0 Å². The van der Waals surface area contributed by atoms with Gasteiger partial charge in [0.25, 0.3) is 0 Å². The molecule has 0 radical (unpaired) electrons. The standard InChI is InChI=1S/C8H15N3O2.ClH/c9-5-4-7(12)10-11-6-2-1-3-8(11)13;/h1-6,9H2,(H,10,12);1H. The van der Waals surface area contributed by atoms with E-state index in [1.807, 2.05) is 0 Å². The van der Waals surface area contributed by atoms with Gasteiger partial charge >= 0.3 is 0 Å². The van der Waals surface area contributed by atoms with Crippen molar-refractivity contribution in [3.63, 3.8) is 0 Å². The molecule has 82 valence electrons. The minimum absolute atomic E-state index is 0. The maximum Gasteiger partial charge on any atom is 0.240 e. The van der Waals surface area contributed by atoms with Gasteiger partial charge in [-0.15, -0.1) is 12.4 Å². The number of amides is 2. The fourth-order valence-corrected chi connectivity index (χ4v) is 1.26. The molecule has 0 aromatic carbocycles. The smallest absolute Gasteiger partial charge is 0.240 e. The van der Waals surface area contributed by atoms with Crippen LogP contribution >= 0.6 is 12.4 Å². The monoisotopic (exact) mass is 221 g/mol. The van der Waals surface area contributed by atoms with E-state index in [9.17, 15) is 9.59 Å². The Labute approximate surface area is 89.4 Å². The molecule has 1 aliphatic heterocycles. The molecule has 0 aromatic rings. The fourth-order valence-electron chi connectivity index (χ4n) is 1.26. The van der Waals surface area contributed by atoms with E-state index in [0.29, 0.717) is 19.5 Å². The molecule has 1 heterocycles. The van der Waals surface area contributed by atoms with Crippen LogP contribution in [0.5, 0.6) is 0 Å². The first-order valence-corrected chi connectivity index (χ1v) is 4.54. The Hall–Kier alpha value is -0.810. The number of hydrazine groups is 1. The Bertz CT molecular complexity index is 211. The molecule has 0 aromatic heterocycles. The Kier molecular flexibility index (Phi) is 6.23. The van der Waals surface area contributed by atoms with Crippen molar-refractivity contribution in [3.8, 4) is 0 Å². The topological polar surface area (TPSA) is 75.4 Å². The molecule has 0 atom stereocenters. The van der Waals surface area contributed by atoms with Crippen LogP contribution in [0.25, 0.3) is 0 Å². The van der Waals surface area contributed by atoms with E-state index in [4.69, 9.17) is 5.73 Å². The fraction of sp³-hybridized carbons (Fsp3) is 0.750. The zero-order valence-electron chi connectivity index (χ0n) is 7.99. The quantitative estimate of drug-likeness (QED) is 0.693. The minimum Gasteiger partial charge on any atom is -0.330 e. The lowest BCUT2D eigenvalue weighted by Gasteiger charge is -2.26. The van der Waals surface area contributed by atoms with Crippen molar-refractivity contribution in [2.75, 3.05) is 13.1 Å². The second-order valence-corrected chi connectivity index (χ2v) is 3.08. The van der Waals surface area contributed by atoms with E-state index in [0.717, 1.165) is 12.8 Å². The van der Waals surface area contributed by atoms with E-state index in [1.54, 1.807) is 0 Å². The van der Waals surface area contributed by atoms with Gasteiger partial charge in [-0.2, -0.15) is 0 Å². The van der Waals surface area contributed by atoms with Crippen LogP contribution in [0.2, 0.25) is 0 Å². The largest absolute Gasteiger partial charge is 0.330 e. The van der Waals surface area contributed by atoms with E-state index < -0.39 is 0 Å². The first kappa shape index (κ1) is 13.2. The van der Waals surface area contributed by atoms with Crippen molar-refractivity contribution in [2.24, 2.45) is 5.73 Å². The summed E-state index contributed by atoms with van der Waals surface area (Å²) in [7, 11) is 0. The van der Waals surface area contributed by atoms with Crippen LogP contribution < -0.4 is 11.2 Å². The number of piperidine rings is 1. The van der Waals surface area contributed by atoms with Gasteiger partial charge in [0, 0.05) is 25.9 Å². The number of nitrogens with one attached hydrogen (secondary N) is 1. The molecule has 6 heteroatoms. The molecule has 1 rings (SSSR count). The summed E-state index contributed by atoms with van der Waals surface area (Å²) in [6, 6.07) is 0. The summed E-state index contributed by atoms with van der Waals surface area (Å²) in [5.41, 5.74) is 7.74. The van der Waals surface area contributed by atoms with Gasteiger partial charge in [0.2, 0.25) is 11.8 Å². The Balaban J connectivity index is 0.00000169. The van der Waals surface area contributed by atoms with Gasteiger partial charge in [0.1, 0.15) is 0 Å². The number of nitrogens with zero attached hydrogens (tertiary/aromatic N) is 1. The van der Waals surface area contributed by atoms with Crippen LogP contribution in [0.15, 0.2) is 0 Å². The van der Waals surface area contributed by atoms with Gasteiger partial charge < -0.3 is 5.73 Å². The number of carbonyl (C=O) groups excluding carboxylic acids is 2. The molecule has 0 unspecified atom stereocenters. The average Bonchev–Trinajstić information content (AvgIpc) is 2.09. The lowest BCUT2D eigenvalue weighted by Crippen LogP contribution is -2.48.